The Kier molecular flexibility index (Phi) is 4.55. The number of carbonyl (C=O) groups is 2. The number of carbonyl (C=O) groups excluding carboxylic acids is 2. The number of nitrogens with one attached hydrogen (secondary N) is 1. The molecule has 0 bridgehead atoms. The van der Waals surface area contributed by atoms with Crippen molar-refractivity contribution in [3.8, 4) is 0 Å². The van der Waals surface area contributed by atoms with Crippen molar-refractivity contribution >= 4 is 23.2 Å². The van der Waals surface area contributed by atoms with Gasteiger partial charge in [0.25, 0.3) is 5.91 Å². The van der Waals surface area contributed by atoms with Gasteiger partial charge in [-0.15, -0.1) is 11.3 Å². The molecule has 0 aliphatic carbocycles. The lowest BCUT2D eigenvalue weighted by atomic mass is 10.2. The summed E-state index contributed by atoms with van der Waals surface area (Å²) in [5.74, 6) is -0.343. The molecule has 2 amide bonds. The number of hydrogen-bond donors (Lipinski definition) is 2. The quantitative estimate of drug-likeness (QED) is 0.857. The van der Waals surface area contributed by atoms with Crippen LogP contribution in [-0.2, 0) is 4.79 Å². The maximum Gasteiger partial charge on any atom is 0.261 e. The highest BCUT2D eigenvalue weighted by Gasteiger charge is 2.27. The minimum absolute atomic E-state index is 0.00766. The second-order valence-electron chi connectivity index (χ2n) is 4.66. The van der Waals surface area contributed by atoms with Gasteiger partial charge in [0.15, 0.2) is 0 Å². The van der Waals surface area contributed by atoms with Gasteiger partial charge in [0.05, 0.1) is 24.1 Å². The van der Waals surface area contributed by atoms with Crippen molar-refractivity contribution in [2.24, 2.45) is 0 Å². The van der Waals surface area contributed by atoms with Gasteiger partial charge in [-0.2, -0.15) is 0 Å². The lowest BCUT2D eigenvalue weighted by molar-refractivity contribution is -0.131. The summed E-state index contributed by atoms with van der Waals surface area (Å²) in [5.41, 5.74) is 0. The molecule has 0 spiro atoms. The molecule has 1 atom stereocenters. The number of nitrogens with zero attached hydrogens (tertiary/aromatic N) is 1. The molecule has 19 heavy (non-hydrogen) atoms. The van der Waals surface area contributed by atoms with Gasteiger partial charge < -0.3 is 15.3 Å². The van der Waals surface area contributed by atoms with Crippen molar-refractivity contribution < 1.29 is 14.7 Å². The van der Waals surface area contributed by atoms with E-state index in [4.69, 9.17) is 5.11 Å². The Labute approximate surface area is 116 Å². The van der Waals surface area contributed by atoms with Crippen LogP contribution in [0.25, 0.3) is 0 Å². The van der Waals surface area contributed by atoms with E-state index in [-0.39, 0.29) is 31.0 Å². The molecule has 2 rings (SSSR count). The van der Waals surface area contributed by atoms with Gasteiger partial charge in [-0.05, 0) is 31.9 Å². The topological polar surface area (TPSA) is 69.6 Å². The summed E-state index contributed by atoms with van der Waals surface area (Å²) in [7, 11) is 0. The van der Waals surface area contributed by atoms with Crippen LogP contribution >= 0.6 is 11.3 Å². The smallest absolute Gasteiger partial charge is 0.261 e. The molecule has 104 valence electrons. The molecule has 1 aromatic heterocycles. The Morgan fingerprint density at radius 1 is 1.53 bits per heavy atom. The Bertz CT molecular complexity index is 472. The molecule has 0 saturated carbocycles. The second-order valence-corrected chi connectivity index (χ2v) is 5.95. The first-order valence-electron chi connectivity index (χ1n) is 6.37. The van der Waals surface area contributed by atoms with Gasteiger partial charge in [-0.3, -0.25) is 9.59 Å². The molecule has 0 unspecified atom stereocenters. The summed E-state index contributed by atoms with van der Waals surface area (Å²) in [6.07, 6.45) is 1.75. The fourth-order valence-electron chi connectivity index (χ4n) is 2.25. The van der Waals surface area contributed by atoms with E-state index in [1.54, 1.807) is 11.0 Å². The second kappa shape index (κ2) is 6.16. The van der Waals surface area contributed by atoms with Crippen LogP contribution in [0.5, 0.6) is 0 Å². The maximum absolute atomic E-state index is 12.0. The lowest BCUT2D eigenvalue weighted by Gasteiger charge is -2.23. The van der Waals surface area contributed by atoms with Crippen LogP contribution in [0.15, 0.2) is 12.1 Å². The maximum atomic E-state index is 12.0. The van der Waals surface area contributed by atoms with E-state index in [1.165, 1.54) is 11.3 Å². The summed E-state index contributed by atoms with van der Waals surface area (Å²) in [6, 6.07) is 3.55. The highest BCUT2D eigenvalue weighted by atomic mass is 32.1. The fourth-order valence-corrected chi connectivity index (χ4v) is 3.04. The minimum atomic E-state index is -0.216. The zero-order valence-electron chi connectivity index (χ0n) is 10.9. The van der Waals surface area contributed by atoms with E-state index in [9.17, 15) is 9.59 Å². The molecular weight excluding hydrogens is 264 g/mol. The number of hydrogen-bond acceptors (Lipinski definition) is 4. The molecule has 0 radical (unpaired) electrons. The van der Waals surface area contributed by atoms with Gasteiger partial charge in [0.2, 0.25) is 5.91 Å². The van der Waals surface area contributed by atoms with Gasteiger partial charge in [-0.1, -0.05) is 0 Å². The van der Waals surface area contributed by atoms with Crippen LogP contribution in [0.1, 0.15) is 27.4 Å². The van der Waals surface area contributed by atoms with E-state index in [0.29, 0.717) is 11.4 Å². The number of aryl methyl sites for hydroxylation is 1. The predicted octanol–water partition coefficient (Wildman–Crippen LogP) is 0.770. The van der Waals surface area contributed by atoms with E-state index < -0.39 is 0 Å². The average molecular weight is 282 g/mol. The molecule has 2 N–H and O–H groups in total. The minimum Gasteiger partial charge on any atom is -0.394 e. The third-order valence-electron chi connectivity index (χ3n) is 3.27. The average Bonchev–Trinajstić information content (AvgIpc) is 3.03. The lowest BCUT2D eigenvalue weighted by Crippen LogP contribution is -2.43. The Morgan fingerprint density at radius 2 is 2.32 bits per heavy atom. The monoisotopic (exact) mass is 282 g/mol. The van der Waals surface area contributed by atoms with Crippen LogP contribution in [0, 0.1) is 6.92 Å². The van der Waals surface area contributed by atoms with Crippen LogP contribution in [0.3, 0.4) is 0 Å². The van der Waals surface area contributed by atoms with E-state index >= 15 is 0 Å². The first-order chi connectivity index (χ1) is 9.11. The molecule has 0 aromatic carbocycles. The molecule has 5 nitrogen and oxygen atoms in total. The summed E-state index contributed by atoms with van der Waals surface area (Å²) < 4.78 is 0. The first kappa shape index (κ1) is 14.0. The number of aliphatic hydroxyl groups excluding tert-OH is 1. The van der Waals surface area contributed by atoms with E-state index in [0.717, 1.165) is 17.7 Å². The Morgan fingerprint density at radius 3 is 2.95 bits per heavy atom. The molecule has 1 saturated heterocycles. The van der Waals surface area contributed by atoms with Crippen molar-refractivity contribution in [2.75, 3.05) is 19.7 Å². The summed E-state index contributed by atoms with van der Waals surface area (Å²) in [5, 5.41) is 11.8. The van der Waals surface area contributed by atoms with Crippen LogP contribution in [0.2, 0.25) is 0 Å². The predicted molar refractivity (Wildman–Crippen MR) is 73.2 cm³/mol. The molecular formula is C13H18N2O3S. The van der Waals surface area contributed by atoms with Crippen LogP contribution in [0.4, 0.5) is 0 Å². The molecule has 6 heteroatoms. The largest absolute Gasteiger partial charge is 0.394 e. The number of amides is 2. The van der Waals surface area contributed by atoms with Crippen molar-refractivity contribution in [1.82, 2.24) is 10.2 Å². The number of aliphatic hydroxyl groups is 1. The Hall–Kier alpha value is -1.40. The van der Waals surface area contributed by atoms with Gasteiger partial charge in [-0.25, -0.2) is 0 Å². The van der Waals surface area contributed by atoms with Gasteiger partial charge in [0, 0.05) is 11.4 Å². The molecule has 2 heterocycles. The zero-order chi connectivity index (χ0) is 13.8. The standard InChI is InChI=1S/C13H18N2O3S/c1-9-4-5-11(19-9)13(18)14-7-12(17)15-6-2-3-10(15)8-16/h4-5,10,16H,2-3,6-8H2,1H3,(H,14,18)/t10-/m0/s1. The van der Waals surface area contributed by atoms with Crippen LogP contribution < -0.4 is 5.32 Å². The van der Waals surface area contributed by atoms with Crippen molar-refractivity contribution in [3.63, 3.8) is 0 Å². The van der Waals surface area contributed by atoms with E-state index in [1.807, 2.05) is 13.0 Å². The first-order valence-corrected chi connectivity index (χ1v) is 7.18. The van der Waals surface area contributed by atoms with Crippen molar-refractivity contribution in [1.29, 1.82) is 0 Å². The Balaban J connectivity index is 1.85. The van der Waals surface area contributed by atoms with Gasteiger partial charge in [0.1, 0.15) is 0 Å². The summed E-state index contributed by atoms with van der Waals surface area (Å²) in [4.78, 5) is 27.1. The van der Waals surface area contributed by atoms with E-state index in [2.05, 4.69) is 5.32 Å². The summed E-state index contributed by atoms with van der Waals surface area (Å²) in [6.45, 7) is 2.58. The molecule has 1 aliphatic rings. The summed E-state index contributed by atoms with van der Waals surface area (Å²) >= 11 is 1.41. The van der Waals surface area contributed by atoms with Crippen molar-refractivity contribution in [2.45, 2.75) is 25.8 Å². The molecule has 1 aliphatic heterocycles. The number of likely N-dealkylation sites (tertiary alicyclic amines) is 1. The molecule has 1 aromatic rings. The normalized spacial score (nSPS) is 18.6. The highest BCUT2D eigenvalue weighted by molar-refractivity contribution is 7.13. The third-order valence-corrected chi connectivity index (χ3v) is 4.27. The third kappa shape index (κ3) is 3.33. The van der Waals surface area contributed by atoms with Crippen LogP contribution in [-0.4, -0.2) is 47.6 Å². The zero-order valence-corrected chi connectivity index (χ0v) is 11.7. The SMILES string of the molecule is Cc1ccc(C(=O)NCC(=O)N2CCC[C@H]2CO)s1. The fraction of sp³-hybridized carbons (Fsp3) is 0.538. The van der Waals surface area contributed by atoms with Gasteiger partial charge >= 0.3 is 0 Å². The van der Waals surface area contributed by atoms with Crippen molar-refractivity contribution in [3.05, 3.63) is 21.9 Å². The highest BCUT2D eigenvalue weighted by Crippen LogP contribution is 2.17. The molecule has 1 fully saturated rings. The number of thiophene rings is 1. The number of rotatable bonds is 4.